The third kappa shape index (κ3) is 3.40. The second-order valence-electron chi connectivity index (χ2n) is 3.78. The van der Waals surface area contributed by atoms with Gasteiger partial charge in [0.25, 0.3) is 0 Å². The number of aryl methyl sites for hydroxylation is 1. The van der Waals surface area contributed by atoms with Crippen LogP contribution < -0.4 is 10.2 Å². The fourth-order valence-corrected chi connectivity index (χ4v) is 1.32. The van der Waals surface area contributed by atoms with Gasteiger partial charge >= 0.3 is 7.12 Å². The van der Waals surface area contributed by atoms with Crippen molar-refractivity contribution in [3.05, 3.63) is 35.9 Å². The lowest BCUT2D eigenvalue weighted by atomic mass is 9.77. The van der Waals surface area contributed by atoms with Crippen molar-refractivity contribution in [2.75, 3.05) is 6.61 Å². The molecule has 0 radical (unpaired) electrons. The van der Waals surface area contributed by atoms with Crippen LogP contribution in [0.5, 0.6) is 5.75 Å². The molecule has 0 aliphatic heterocycles. The van der Waals surface area contributed by atoms with Crippen molar-refractivity contribution in [3.8, 4) is 5.75 Å². The Morgan fingerprint density at radius 2 is 2.12 bits per heavy atom. The van der Waals surface area contributed by atoms with Crippen LogP contribution in [0.25, 0.3) is 0 Å². The van der Waals surface area contributed by atoms with E-state index in [1.807, 2.05) is 13.8 Å². The molecule has 0 heterocycles. The Kier molecular flexibility index (Phi) is 4.59. The smallest absolute Gasteiger partial charge is 0.488 e. The molecule has 0 amide bonds. The van der Waals surface area contributed by atoms with Gasteiger partial charge in [0, 0.05) is 0 Å². The van der Waals surface area contributed by atoms with E-state index in [-0.39, 0.29) is 0 Å². The predicted molar refractivity (Wildman–Crippen MR) is 65.9 cm³/mol. The fraction of sp³-hybridized carbons (Fsp3) is 0.333. The van der Waals surface area contributed by atoms with E-state index in [1.54, 1.807) is 18.2 Å². The lowest BCUT2D eigenvalue weighted by molar-refractivity contribution is 0.349. The minimum Gasteiger partial charge on any atom is -0.489 e. The highest BCUT2D eigenvalue weighted by Gasteiger charge is 2.13. The lowest BCUT2D eigenvalue weighted by Gasteiger charge is -2.10. The van der Waals surface area contributed by atoms with Crippen LogP contribution in [0.4, 0.5) is 0 Å². The lowest BCUT2D eigenvalue weighted by Crippen LogP contribution is -2.31. The Balaban J connectivity index is 2.70. The van der Waals surface area contributed by atoms with E-state index in [4.69, 9.17) is 14.8 Å². The molecule has 4 heteroatoms. The molecule has 86 valence electrons. The summed E-state index contributed by atoms with van der Waals surface area (Å²) < 4.78 is 5.51. The molecule has 0 saturated carbocycles. The van der Waals surface area contributed by atoms with Gasteiger partial charge in [-0.25, -0.2) is 0 Å². The van der Waals surface area contributed by atoms with E-state index >= 15 is 0 Å². The number of ether oxygens (including phenoxy) is 1. The van der Waals surface area contributed by atoms with E-state index in [1.165, 1.54) is 0 Å². The summed E-state index contributed by atoms with van der Waals surface area (Å²) in [4.78, 5) is 0. The van der Waals surface area contributed by atoms with Gasteiger partial charge in [-0.2, -0.15) is 0 Å². The maximum absolute atomic E-state index is 9.05. The largest absolute Gasteiger partial charge is 0.489 e. The van der Waals surface area contributed by atoms with Crippen molar-refractivity contribution in [3.63, 3.8) is 0 Å². The third-order valence-electron chi connectivity index (χ3n) is 2.46. The molecule has 0 aliphatic carbocycles. The molecule has 16 heavy (non-hydrogen) atoms. The molecule has 0 aromatic heterocycles. The standard InChI is InChI=1S/C12H17BO3/c1-4-9(2)8-16-11-5-6-12(13(14)15)10(3)7-11/h5-7,14-15H,2,4,8H2,1,3H3. The number of benzene rings is 1. The summed E-state index contributed by atoms with van der Waals surface area (Å²) in [5, 5.41) is 18.1. The van der Waals surface area contributed by atoms with Crippen LogP contribution in [-0.4, -0.2) is 23.8 Å². The van der Waals surface area contributed by atoms with Crippen molar-refractivity contribution in [1.82, 2.24) is 0 Å². The summed E-state index contributed by atoms with van der Waals surface area (Å²) in [7, 11) is -1.43. The Morgan fingerprint density at radius 3 is 2.62 bits per heavy atom. The predicted octanol–water partition coefficient (Wildman–Crippen LogP) is 1.02. The van der Waals surface area contributed by atoms with Crippen LogP contribution >= 0.6 is 0 Å². The Morgan fingerprint density at radius 1 is 1.44 bits per heavy atom. The van der Waals surface area contributed by atoms with Crippen molar-refractivity contribution < 1.29 is 14.8 Å². The summed E-state index contributed by atoms with van der Waals surface area (Å²) in [6.07, 6.45) is 0.895. The molecule has 1 aromatic rings. The molecule has 3 nitrogen and oxygen atoms in total. The van der Waals surface area contributed by atoms with Gasteiger partial charge in [-0.1, -0.05) is 19.6 Å². The van der Waals surface area contributed by atoms with Crippen LogP contribution in [0.3, 0.4) is 0 Å². The summed E-state index contributed by atoms with van der Waals surface area (Å²) in [5.41, 5.74) is 2.33. The van der Waals surface area contributed by atoms with Crippen LogP contribution in [-0.2, 0) is 0 Å². The van der Waals surface area contributed by atoms with Crippen molar-refractivity contribution in [2.45, 2.75) is 20.3 Å². The highest BCUT2D eigenvalue weighted by molar-refractivity contribution is 6.59. The van der Waals surface area contributed by atoms with Gasteiger partial charge in [-0.15, -0.1) is 0 Å². The van der Waals surface area contributed by atoms with E-state index in [0.717, 1.165) is 23.3 Å². The van der Waals surface area contributed by atoms with Crippen LogP contribution in [0.15, 0.2) is 30.4 Å². The minimum atomic E-state index is -1.43. The minimum absolute atomic E-state index is 0.497. The summed E-state index contributed by atoms with van der Waals surface area (Å²) in [5.74, 6) is 0.719. The first-order valence-corrected chi connectivity index (χ1v) is 5.30. The van der Waals surface area contributed by atoms with Crippen molar-refractivity contribution >= 4 is 12.6 Å². The van der Waals surface area contributed by atoms with Gasteiger partial charge in [-0.05, 0) is 42.1 Å². The highest BCUT2D eigenvalue weighted by atomic mass is 16.5. The second-order valence-corrected chi connectivity index (χ2v) is 3.78. The highest BCUT2D eigenvalue weighted by Crippen LogP contribution is 2.12. The Labute approximate surface area is 96.5 Å². The quantitative estimate of drug-likeness (QED) is 0.575. The zero-order chi connectivity index (χ0) is 12.1. The average Bonchev–Trinajstić information content (AvgIpc) is 2.25. The van der Waals surface area contributed by atoms with Crippen LogP contribution in [0, 0.1) is 6.92 Å². The Hall–Kier alpha value is -1.26. The first-order chi connectivity index (χ1) is 7.54. The van der Waals surface area contributed by atoms with Gasteiger partial charge < -0.3 is 14.8 Å². The first kappa shape index (κ1) is 12.8. The molecule has 1 aromatic carbocycles. The molecule has 1 rings (SSSR count). The zero-order valence-electron chi connectivity index (χ0n) is 9.73. The maximum Gasteiger partial charge on any atom is 0.488 e. The van der Waals surface area contributed by atoms with Gasteiger partial charge in [-0.3, -0.25) is 0 Å². The number of hydrogen-bond acceptors (Lipinski definition) is 3. The second kappa shape index (κ2) is 5.73. The van der Waals surface area contributed by atoms with Crippen molar-refractivity contribution in [1.29, 1.82) is 0 Å². The summed E-state index contributed by atoms with van der Waals surface area (Å²) in [6, 6.07) is 5.17. The Bertz CT molecular complexity index is 375. The monoisotopic (exact) mass is 220 g/mol. The topological polar surface area (TPSA) is 49.7 Å². The number of hydrogen-bond donors (Lipinski definition) is 2. The first-order valence-electron chi connectivity index (χ1n) is 5.30. The van der Waals surface area contributed by atoms with E-state index < -0.39 is 7.12 Å². The van der Waals surface area contributed by atoms with E-state index in [9.17, 15) is 0 Å². The maximum atomic E-state index is 9.05. The SMILES string of the molecule is C=C(CC)COc1ccc(B(O)O)c(C)c1. The molecular weight excluding hydrogens is 203 g/mol. The third-order valence-corrected chi connectivity index (χ3v) is 2.46. The van der Waals surface area contributed by atoms with Gasteiger partial charge in [0.15, 0.2) is 0 Å². The normalized spacial score (nSPS) is 10.0. The van der Waals surface area contributed by atoms with Gasteiger partial charge in [0.2, 0.25) is 0 Å². The molecule has 0 unspecified atom stereocenters. The molecule has 0 spiro atoms. The van der Waals surface area contributed by atoms with Gasteiger partial charge in [0.05, 0.1) is 0 Å². The molecular formula is C12H17BO3. The van der Waals surface area contributed by atoms with E-state index in [0.29, 0.717) is 12.1 Å². The summed E-state index contributed by atoms with van der Waals surface area (Å²) >= 11 is 0. The van der Waals surface area contributed by atoms with Crippen LogP contribution in [0.1, 0.15) is 18.9 Å². The fourth-order valence-electron chi connectivity index (χ4n) is 1.32. The average molecular weight is 220 g/mol. The van der Waals surface area contributed by atoms with Gasteiger partial charge in [0.1, 0.15) is 12.4 Å². The number of rotatable bonds is 5. The molecule has 0 aliphatic rings. The molecule has 2 N–H and O–H groups in total. The van der Waals surface area contributed by atoms with Crippen LogP contribution in [0.2, 0.25) is 0 Å². The molecule has 0 saturated heterocycles. The van der Waals surface area contributed by atoms with E-state index in [2.05, 4.69) is 6.58 Å². The molecule has 0 bridgehead atoms. The zero-order valence-corrected chi connectivity index (χ0v) is 9.73. The molecule has 0 atom stereocenters. The summed E-state index contributed by atoms with van der Waals surface area (Å²) in [6.45, 7) is 8.19. The molecule has 0 fully saturated rings. The van der Waals surface area contributed by atoms with Crippen molar-refractivity contribution in [2.24, 2.45) is 0 Å².